The average Bonchev–Trinajstić information content (AvgIpc) is 2.42. The van der Waals surface area contributed by atoms with Gasteiger partial charge in [0, 0.05) is 25.2 Å². The molecular weight excluding hydrogens is 313 g/mol. The summed E-state index contributed by atoms with van der Waals surface area (Å²) in [5.74, 6) is -0.563. The molecule has 7 heteroatoms. The number of anilines is 1. The topological polar surface area (TPSA) is 61.4 Å². The Morgan fingerprint density at radius 1 is 1.29 bits per heavy atom. The average molecular weight is 332 g/mol. The number of likely N-dealkylation sites (N-methyl/N-ethyl adjacent to an activating group) is 1. The van der Waals surface area contributed by atoms with E-state index in [1.807, 2.05) is 6.92 Å². The fourth-order valence-electron chi connectivity index (χ4n) is 1.84. The number of carbonyl (C=O) groups is 2. The van der Waals surface area contributed by atoms with Crippen LogP contribution in [0.2, 0.25) is 10.0 Å². The first kappa shape index (κ1) is 17.8. The number of hydrogen-bond acceptors (Lipinski definition) is 3. The molecule has 0 saturated heterocycles. The lowest BCUT2D eigenvalue weighted by molar-refractivity contribution is -0.136. The molecule has 0 aliphatic heterocycles. The van der Waals surface area contributed by atoms with Crippen LogP contribution in [0.3, 0.4) is 0 Å². The van der Waals surface area contributed by atoms with Gasteiger partial charge >= 0.3 is 0 Å². The highest BCUT2D eigenvalue weighted by molar-refractivity contribution is 6.42. The summed E-state index contributed by atoms with van der Waals surface area (Å²) < 4.78 is 0. The maximum atomic E-state index is 12.0. The van der Waals surface area contributed by atoms with Crippen molar-refractivity contribution in [1.82, 2.24) is 10.2 Å². The zero-order chi connectivity index (χ0) is 16.0. The molecule has 1 atom stereocenters. The molecule has 0 aliphatic carbocycles. The van der Waals surface area contributed by atoms with E-state index in [-0.39, 0.29) is 24.3 Å². The number of nitrogens with one attached hydrogen (secondary N) is 2. The third-order valence-electron chi connectivity index (χ3n) is 2.89. The summed E-state index contributed by atoms with van der Waals surface area (Å²) in [7, 11) is 3.38. The van der Waals surface area contributed by atoms with Gasteiger partial charge in [-0.15, -0.1) is 0 Å². The van der Waals surface area contributed by atoms with Crippen molar-refractivity contribution >= 4 is 40.7 Å². The van der Waals surface area contributed by atoms with Crippen molar-refractivity contribution < 1.29 is 9.59 Å². The van der Waals surface area contributed by atoms with Gasteiger partial charge in [-0.1, -0.05) is 30.1 Å². The van der Waals surface area contributed by atoms with Crippen LogP contribution in [0.15, 0.2) is 18.2 Å². The van der Waals surface area contributed by atoms with E-state index in [1.54, 1.807) is 32.3 Å². The number of halogens is 2. The predicted octanol–water partition coefficient (Wildman–Crippen LogP) is 2.25. The van der Waals surface area contributed by atoms with Gasteiger partial charge in [0.1, 0.15) is 0 Å². The van der Waals surface area contributed by atoms with Crippen molar-refractivity contribution in [3.63, 3.8) is 0 Å². The third kappa shape index (κ3) is 5.53. The lowest BCUT2D eigenvalue weighted by atomic mass is 10.1. The number of benzene rings is 1. The zero-order valence-corrected chi connectivity index (χ0v) is 13.8. The Kier molecular flexibility index (Phi) is 6.95. The Hall–Kier alpha value is -1.30. The smallest absolute Gasteiger partial charge is 0.243 e. The Balaban J connectivity index is 2.56. The van der Waals surface area contributed by atoms with Crippen LogP contribution in [0.5, 0.6) is 0 Å². The standard InChI is InChI=1S/C14H19Cl2N3O2/c1-9(7-17-2)14(21)19(3)8-13(20)18-10-4-5-11(15)12(16)6-10/h4-6,9,17H,7-8H2,1-3H3,(H,18,20). The predicted molar refractivity (Wildman–Crippen MR) is 85.8 cm³/mol. The zero-order valence-electron chi connectivity index (χ0n) is 12.2. The molecule has 0 saturated carbocycles. The van der Waals surface area contributed by atoms with Crippen LogP contribution in [0.4, 0.5) is 5.69 Å². The van der Waals surface area contributed by atoms with Gasteiger partial charge in [-0.05, 0) is 25.2 Å². The summed E-state index contributed by atoms with van der Waals surface area (Å²) in [6, 6.07) is 4.81. The first-order valence-electron chi connectivity index (χ1n) is 6.49. The highest BCUT2D eigenvalue weighted by atomic mass is 35.5. The van der Waals surface area contributed by atoms with Crippen LogP contribution in [0.25, 0.3) is 0 Å². The summed E-state index contributed by atoms with van der Waals surface area (Å²) >= 11 is 11.7. The number of hydrogen-bond donors (Lipinski definition) is 2. The van der Waals surface area contributed by atoms with Crippen molar-refractivity contribution in [2.45, 2.75) is 6.92 Å². The highest BCUT2D eigenvalue weighted by Gasteiger charge is 2.18. The van der Waals surface area contributed by atoms with Crippen LogP contribution in [0.1, 0.15) is 6.92 Å². The van der Waals surface area contributed by atoms with Crippen molar-refractivity contribution in [2.75, 3.05) is 32.5 Å². The molecule has 0 fully saturated rings. The van der Waals surface area contributed by atoms with Gasteiger partial charge in [-0.3, -0.25) is 9.59 Å². The lowest BCUT2D eigenvalue weighted by Crippen LogP contribution is -2.40. The van der Waals surface area contributed by atoms with Gasteiger partial charge in [0.15, 0.2) is 0 Å². The number of rotatable bonds is 6. The van der Waals surface area contributed by atoms with Gasteiger partial charge in [-0.25, -0.2) is 0 Å². The summed E-state index contributed by atoms with van der Waals surface area (Å²) in [6.07, 6.45) is 0. The molecule has 0 radical (unpaired) electrons. The van der Waals surface area contributed by atoms with E-state index in [9.17, 15) is 9.59 Å². The first-order valence-corrected chi connectivity index (χ1v) is 7.25. The lowest BCUT2D eigenvalue weighted by Gasteiger charge is -2.20. The Bertz CT molecular complexity index is 523. The molecule has 0 heterocycles. The van der Waals surface area contributed by atoms with Crippen molar-refractivity contribution in [3.05, 3.63) is 28.2 Å². The van der Waals surface area contributed by atoms with E-state index in [1.165, 1.54) is 4.90 Å². The highest BCUT2D eigenvalue weighted by Crippen LogP contribution is 2.24. The molecule has 0 aliphatic rings. The maximum Gasteiger partial charge on any atom is 0.243 e. The number of nitrogens with zero attached hydrogens (tertiary/aromatic N) is 1. The Morgan fingerprint density at radius 3 is 2.52 bits per heavy atom. The van der Waals surface area contributed by atoms with Crippen LogP contribution in [0, 0.1) is 5.92 Å². The summed E-state index contributed by atoms with van der Waals surface area (Å²) in [6.45, 7) is 2.36. The second-order valence-corrected chi connectivity index (χ2v) is 5.64. The molecule has 5 nitrogen and oxygen atoms in total. The maximum absolute atomic E-state index is 12.0. The summed E-state index contributed by atoms with van der Waals surface area (Å²) in [5, 5.41) is 6.39. The molecule has 2 amide bonds. The summed E-state index contributed by atoms with van der Waals surface area (Å²) in [5.41, 5.74) is 0.540. The number of amides is 2. The van der Waals surface area contributed by atoms with E-state index in [0.29, 0.717) is 22.3 Å². The van der Waals surface area contributed by atoms with E-state index >= 15 is 0 Å². The minimum atomic E-state index is -0.291. The second-order valence-electron chi connectivity index (χ2n) is 4.83. The van der Waals surface area contributed by atoms with E-state index in [0.717, 1.165) is 0 Å². The Morgan fingerprint density at radius 2 is 1.95 bits per heavy atom. The Labute approximate surface area is 134 Å². The minimum Gasteiger partial charge on any atom is -0.336 e. The SMILES string of the molecule is CNCC(C)C(=O)N(C)CC(=O)Nc1ccc(Cl)c(Cl)c1. The van der Waals surface area contributed by atoms with Crippen molar-refractivity contribution in [2.24, 2.45) is 5.92 Å². The molecule has 1 rings (SSSR count). The molecule has 1 unspecified atom stereocenters. The molecule has 116 valence electrons. The van der Waals surface area contributed by atoms with Crippen LogP contribution in [-0.4, -0.2) is 43.9 Å². The van der Waals surface area contributed by atoms with Gasteiger partial charge in [-0.2, -0.15) is 0 Å². The van der Waals surface area contributed by atoms with Gasteiger partial charge in [0.05, 0.1) is 16.6 Å². The second kappa shape index (κ2) is 8.22. The molecular formula is C14H19Cl2N3O2. The van der Waals surface area contributed by atoms with Crippen LogP contribution in [-0.2, 0) is 9.59 Å². The van der Waals surface area contributed by atoms with E-state index in [4.69, 9.17) is 23.2 Å². The quantitative estimate of drug-likeness (QED) is 0.840. The molecule has 0 aromatic heterocycles. The molecule has 0 bridgehead atoms. The molecule has 1 aromatic carbocycles. The summed E-state index contributed by atoms with van der Waals surface area (Å²) in [4.78, 5) is 25.3. The molecule has 2 N–H and O–H groups in total. The fourth-order valence-corrected chi connectivity index (χ4v) is 2.14. The van der Waals surface area contributed by atoms with E-state index < -0.39 is 0 Å². The van der Waals surface area contributed by atoms with Crippen LogP contribution < -0.4 is 10.6 Å². The monoisotopic (exact) mass is 331 g/mol. The molecule has 21 heavy (non-hydrogen) atoms. The van der Waals surface area contributed by atoms with Crippen LogP contribution >= 0.6 is 23.2 Å². The first-order chi connectivity index (χ1) is 9.85. The molecule has 1 aromatic rings. The fraction of sp³-hybridized carbons (Fsp3) is 0.429. The minimum absolute atomic E-state index is 0.0207. The van der Waals surface area contributed by atoms with Crippen molar-refractivity contribution in [3.8, 4) is 0 Å². The largest absolute Gasteiger partial charge is 0.336 e. The number of carbonyl (C=O) groups excluding carboxylic acids is 2. The van der Waals surface area contributed by atoms with E-state index in [2.05, 4.69) is 10.6 Å². The van der Waals surface area contributed by atoms with Gasteiger partial charge < -0.3 is 15.5 Å². The normalized spacial score (nSPS) is 11.9. The third-order valence-corrected chi connectivity index (χ3v) is 3.63. The van der Waals surface area contributed by atoms with Gasteiger partial charge in [0.25, 0.3) is 0 Å². The van der Waals surface area contributed by atoms with Crippen molar-refractivity contribution in [1.29, 1.82) is 0 Å². The van der Waals surface area contributed by atoms with Gasteiger partial charge in [0.2, 0.25) is 11.8 Å². The molecule has 0 spiro atoms.